The van der Waals surface area contributed by atoms with Crippen molar-refractivity contribution >= 4 is 17.2 Å². The predicted molar refractivity (Wildman–Crippen MR) is 57.8 cm³/mol. The van der Waals surface area contributed by atoms with Gasteiger partial charge < -0.3 is 10.4 Å². The van der Waals surface area contributed by atoms with Crippen LogP contribution in [0.5, 0.6) is 0 Å². The highest BCUT2D eigenvalue weighted by Crippen LogP contribution is 2.24. The summed E-state index contributed by atoms with van der Waals surface area (Å²) in [5.74, 6) is 0.272. The van der Waals surface area contributed by atoms with Crippen molar-refractivity contribution < 1.29 is 9.90 Å². The van der Waals surface area contributed by atoms with Gasteiger partial charge in [-0.05, 0) is 22.9 Å². The van der Waals surface area contributed by atoms with E-state index >= 15 is 0 Å². The average molecular weight is 213 g/mol. The second-order valence-electron chi connectivity index (χ2n) is 3.34. The molecule has 1 rings (SSSR count). The number of hydrogen-bond acceptors (Lipinski definition) is 3. The van der Waals surface area contributed by atoms with Crippen molar-refractivity contribution in [1.82, 2.24) is 5.32 Å². The number of amides is 1. The van der Waals surface area contributed by atoms with Crippen molar-refractivity contribution in [1.29, 1.82) is 0 Å². The first-order chi connectivity index (χ1) is 6.66. The summed E-state index contributed by atoms with van der Waals surface area (Å²) in [4.78, 5) is 12.3. The first kappa shape index (κ1) is 11.2. The molecule has 78 valence electrons. The Bertz CT molecular complexity index is 307. The molecule has 1 heterocycles. The van der Waals surface area contributed by atoms with Gasteiger partial charge >= 0.3 is 0 Å². The van der Waals surface area contributed by atoms with Crippen molar-refractivity contribution in [2.24, 2.45) is 0 Å². The Morgan fingerprint density at radius 1 is 1.64 bits per heavy atom. The lowest BCUT2D eigenvalue weighted by molar-refractivity contribution is 0.0947. The minimum absolute atomic E-state index is 0.0197. The molecule has 0 unspecified atom stereocenters. The fourth-order valence-electron chi connectivity index (χ4n) is 1.21. The minimum Gasteiger partial charge on any atom is -0.395 e. The van der Waals surface area contributed by atoms with Crippen LogP contribution in [0.2, 0.25) is 0 Å². The van der Waals surface area contributed by atoms with Gasteiger partial charge in [0.15, 0.2) is 0 Å². The molecule has 2 N–H and O–H groups in total. The molecule has 0 radical (unpaired) electrons. The molecule has 4 heteroatoms. The van der Waals surface area contributed by atoms with E-state index in [-0.39, 0.29) is 12.5 Å². The molecule has 0 aliphatic carbocycles. The molecule has 1 aromatic rings. The molecule has 0 spiro atoms. The van der Waals surface area contributed by atoms with Crippen LogP contribution in [0, 0.1) is 0 Å². The van der Waals surface area contributed by atoms with Gasteiger partial charge in [-0.2, -0.15) is 0 Å². The smallest absolute Gasteiger partial charge is 0.261 e. The van der Waals surface area contributed by atoms with Gasteiger partial charge in [-0.3, -0.25) is 4.79 Å². The highest BCUT2D eigenvalue weighted by Gasteiger charge is 2.14. The highest BCUT2D eigenvalue weighted by atomic mass is 32.1. The maximum atomic E-state index is 11.6. The molecule has 0 aliphatic rings. The van der Waals surface area contributed by atoms with Crippen LogP contribution in [0.3, 0.4) is 0 Å². The Hall–Kier alpha value is -0.870. The van der Waals surface area contributed by atoms with E-state index in [1.807, 2.05) is 11.4 Å². The fraction of sp³-hybridized carbons (Fsp3) is 0.500. The van der Waals surface area contributed by atoms with Crippen LogP contribution in [0.25, 0.3) is 0 Å². The van der Waals surface area contributed by atoms with Crippen LogP contribution in [0.15, 0.2) is 11.4 Å². The van der Waals surface area contributed by atoms with Crippen molar-refractivity contribution in [2.75, 3.05) is 13.2 Å². The van der Waals surface area contributed by atoms with E-state index in [0.29, 0.717) is 12.5 Å². The summed E-state index contributed by atoms with van der Waals surface area (Å²) in [7, 11) is 0. The summed E-state index contributed by atoms with van der Waals surface area (Å²) >= 11 is 1.44. The Labute approximate surface area is 87.8 Å². The number of rotatable bonds is 4. The molecule has 0 aromatic carbocycles. The van der Waals surface area contributed by atoms with E-state index in [1.165, 1.54) is 11.3 Å². The first-order valence-corrected chi connectivity index (χ1v) is 5.51. The lowest BCUT2D eigenvalue weighted by atomic mass is 10.0. The molecule has 0 saturated heterocycles. The molecule has 0 bridgehead atoms. The average Bonchev–Trinajstić information content (AvgIpc) is 2.62. The van der Waals surface area contributed by atoms with Crippen LogP contribution in [0.1, 0.15) is 35.0 Å². The third-order valence-corrected chi connectivity index (χ3v) is 2.85. The van der Waals surface area contributed by atoms with Gasteiger partial charge in [0.25, 0.3) is 5.91 Å². The van der Waals surface area contributed by atoms with E-state index < -0.39 is 0 Å². The van der Waals surface area contributed by atoms with Crippen molar-refractivity contribution in [3.05, 3.63) is 21.9 Å². The van der Waals surface area contributed by atoms with E-state index in [2.05, 4.69) is 19.2 Å². The Kier molecular flexibility index (Phi) is 4.10. The van der Waals surface area contributed by atoms with Gasteiger partial charge in [-0.1, -0.05) is 13.8 Å². The highest BCUT2D eigenvalue weighted by molar-refractivity contribution is 7.12. The molecule has 0 fully saturated rings. The van der Waals surface area contributed by atoms with Gasteiger partial charge in [0.05, 0.1) is 11.5 Å². The molecule has 3 nitrogen and oxygen atoms in total. The number of carbonyl (C=O) groups excluding carboxylic acids is 1. The predicted octanol–water partition coefficient (Wildman–Crippen LogP) is 1.59. The van der Waals surface area contributed by atoms with Gasteiger partial charge in [-0.15, -0.1) is 11.3 Å². The van der Waals surface area contributed by atoms with Crippen LogP contribution >= 0.6 is 11.3 Å². The summed E-state index contributed by atoms with van der Waals surface area (Å²) in [6.45, 7) is 4.41. The van der Waals surface area contributed by atoms with E-state index in [0.717, 1.165) is 10.4 Å². The largest absolute Gasteiger partial charge is 0.395 e. The van der Waals surface area contributed by atoms with E-state index in [4.69, 9.17) is 5.11 Å². The molecule has 1 aromatic heterocycles. The van der Waals surface area contributed by atoms with Crippen LogP contribution in [-0.4, -0.2) is 24.2 Å². The SMILES string of the molecule is CC(C)c1ccsc1C(=O)NCCO. The lowest BCUT2D eigenvalue weighted by Gasteiger charge is -2.06. The Morgan fingerprint density at radius 3 is 2.93 bits per heavy atom. The van der Waals surface area contributed by atoms with Crippen molar-refractivity contribution in [3.8, 4) is 0 Å². The summed E-state index contributed by atoms with van der Waals surface area (Å²) in [5, 5.41) is 13.2. The number of thiophene rings is 1. The summed E-state index contributed by atoms with van der Waals surface area (Å²) in [5.41, 5.74) is 1.07. The van der Waals surface area contributed by atoms with Gasteiger partial charge in [-0.25, -0.2) is 0 Å². The molecule has 0 atom stereocenters. The van der Waals surface area contributed by atoms with Gasteiger partial charge in [0.1, 0.15) is 0 Å². The monoisotopic (exact) mass is 213 g/mol. The van der Waals surface area contributed by atoms with Gasteiger partial charge in [0.2, 0.25) is 0 Å². The number of aliphatic hydroxyl groups is 1. The van der Waals surface area contributed by atoms with E-state index in [1.54, 1.807) is 0 Å². The lowest BCUT2D eigenvalue weighted by Crippen LogP contribution is -2.26. The summed E-state index contributed by atoms with van der Waals surface area (Å²) in [6, 6.07) is 1.98. The maximum absolute atomic E-state index is 11.6. The van der Waals surface area contributed by atoms with Crippen molar-refractivity contribution in [3.63, 3.8) is 0 Å². The number of hydrogen-bond donors (Lipinski definition) is 2. The minimum atomic E-state index is -0.0854. The molecular weight excluding hydrogens is 198 g/mol. The van der Waals surface area contributed by atoms with Crippen LogP contribution < -0.4 is 5.32 Å². The second-order valence-corrected chi connectivity index (χ2v) is 4.26. The third kappa shape index (κ3) is 2.56. The summed E-state index contributed by atoms with van der Waals surface area (Å²) < 4.78 is 0. The molecule has 0 saturated carbocycles. The van der Waals surface area contributed by atoms with Crippen LogP contribution in [0.4, 0.5) is 0 Å². The zero-order valence-electron chi connectivity index (χ0n) is 8.41. The Balaban J connectivity index is 2.74. The quantitative estimate of drug-likeness (QED) is 0.798. The fourth-order valence-corrected chi connectivity index (χ4v) is 2.18. The van der Waals surface area contributed by atoms with E-state index in [9.17, 15) is 4.79 Å². The molecule has 0 aliphatic heterocycles. The number of carbonyl (C=O) groups is 1. The Morgan fingerprint density at radius 2 is 2.36 bits per heavy atom. The van der Waals surface area contributed by atoms with Crippen LogP contribution in [-0.2, 0) is 0 Å². The topological polar surface area (TPSA) is 49.3 Å². The maximum Gasteiger partial charge on any atom is 0.261 e. The number of nitrogens with one attached hydrogen (secondary N) is 1. The molecular formula is C10H15NO2S. The summed E-state index contributed by atoms with van der Waals surface area (Å²) in [6.07, 6.45) is 0. The first-order valence-electron chi connectivity index (χ1n) is 4.63. The zero-order valence-corrected chi connectivity index (χ0v) is 9.23. The third-order valence-electron chi connectivity index (χ3n) is 1.92. The second kappa shape index (κ2) is 5.12. The molecule has 14 heavy (non-hydrogen) atoms. The van der Waals surface area contributed by atoms with Gasteiger partial charge in [0, 0.05) is 6.54 Å². The molecule has 1 amide bonds. The zero-order chi connectivity index (χ0) is 10.6. The van der Waals surface area contributed by atoms with Crippen molar-refractivity contribution in [2.45, 2.75) is 19.8 Å². The standard InChI is InChI=1S/C10H15NO2S/c1-7(2)8-3-6-14-9(8)10(13)11-4-5-12/h3,6-7,12H,4-5H2,1-2H3,(H,11,13). The number of aliphatic hydroxyl groups excluding tert-OH is 1. The normalized spacial score (nSPS) is 10.6.